The number of aromatic nitrogens is 1. The number of nitrogens with zero attached hydrogens (tertiary/aromatic N) is 2. The Morgan fingerprint density at radius 2 is 1.97 bits per heavy atom. The van der Waals surface area contributed by atoms with Crippen LogP contribution in [-0.2, 0) is 28.9 Å². The van der Waals surface area contributed by atoms with Crippen LogP contribution in [0, 0.1) is 11.6 Å². The van der Waals surface area contributed by atoms with Gasteiger partial charge in [0.1, 0.15) is 17.7 Å². The van der Waals surface area contributed by atoms with Crippen molar-refractivity contribution in [1.82, 2.24) is 9.47 Å². The molecule has 0 bridgehead atoms. The van der Waals surface area contributed by atoms with Crippen molar-refractivity contribution < 1.29 is 23.5 Å². The maximum atomic E-state index is 14.2. The predicted molar refractivity (Wildman–Crippen MR) is 122 cm³/mol. The molecule has 0 saturated heterocycles. The minimum atomic E-state index is -0.918. The van der Waals surface area contributed by atoms with Gasteiger partial charge in [-0.1, -0.05) is 25.1 Å². The second-order valence-electron chi connectivity index (χ2n) is 8.67. The van der Waals surface area contributed by atoms with Gasteiger partial charge in [-0.3, -0.25) is 4.79 Å². The Hall–Kier alpha value is -3.22. The van der Waals surface area contributed by atoms with Crippen LogP contribution in [-0.4, -0.2) is 39.0 Å². The van der Waals surface area contributed by atoms with Gasteiger partial charge in [-0.05, 0) is 67.5 Å². The zero-order valence-corrected chi connectivity index (χ0v) is 18.9. The number of rotatable bonds is 7. The quantitative estimate of drug-likeness (QED) is 0.552. The van der Waals surface area contributed by atoms with E-state index in [0.717, 1.165) is 11.3 Å². The van der Waals surface area contributed by atoms with Crippen molar-refractivity contribution in [3.63, 3.8) is 0 Å². The van der Waals surface area contributed by atoms with Crippen LogP contribution in [0.3, 0.4) is 0 Å². The topological polar surface area (TPSA) is 62.5 Å². The zero-order chi connectivity index (χ0) is 23.7. The molecule has 0 fully saturated rings. The van der Waals surface area contributed by atoms with E-state index in [2.05, 4.69) is 0 Å². The Morgan fingerprint density at radius 3 is 2.64 bits per heavy atom. The molecule has 1 aliphatic carbocycles. The van der Waals surface area contributed by atoms with E-state index >= 15 is 0 Å². The molecular weight excluding hydrogens is 426 g/mol. The van der Waals surface area contributed by atoms with Gasteiger partial charge in [0.15, 0.2) is 0 Å². The zero-order valence-electron chi connectivity index (χ0n) is 18.9. The van der Waals surface area contributed by atoms with Gasteiger partial charge in [0.05, 0.1) is 0 Å². The Balaban J connectivity index is 1.68. The standard InChI is InChI=1S/C26H28F2N2O3/c1-3-23(26(32)33)30-24-10-8-18(27)14-20(24)21-15-19(9-11-25(21)30)29(16(2)31)13-12-17-6-4-5-7-22(17)28/h4-8,10,14,19,23H,3,9,11-13,15H2,1-2H3,(H,32,33)/t19-,23?/m0/s1. The molecule has 2 atom stereocenters. The van der Waals surface area contributed by atoms with E-state index in [1.807, 2.05) is 11.5 Å². The maximum absolute atomic E-state index is 14.2. The second kappa shape index (κ2) is 9.33. The van der Waals surface area contributed by atoms with Gasteiger partial charge in [-0.25, -0.2) is 13.6 Å². The summed E-state index contributed by atoms with van der Waals surface area (Å²) in [7, 11) is 0. The number of carbonyl (C=O) groups is 2. The van der Waals surface area contributed by atoms with Crippen LogP contribution >= 0.6 is 0 Å². The van der Waals surface area contributed by atoms with Gasteiger partial charge < -0.3 is 14.6 Å². The Kier molecular flexibility index (Phi) is 6.49. The van der Waals surface area contributed by atoms with Gasteiger partial charge in [0.25, 0.3) is 0 Å². The van der Waals surface area contributed by atoms with Crippen LogP contribution < -0.4 is 0 Å². The Bertz CT molecular complexity index is 1200. The summed E-state index contributed by atoms with van der Waals surface area (Å²) in [6, 6.07) is 10.2. The fourth-order valence-electron chi connectivity index (χ4n) is 5.18. The number of hydrogen-bond donors (Lipinski definition) is 1. The maximum Gasteiger partial charge on any atom is 0.326 e. The molecule has 1 N–H and O–H groups in total. The van der Waals surface area contributed by atoms with Crippen molar-refractivity contribution in [2.24, 2.45) is 0 Å². The summed E-state index contributed by atoms with van der Waals surface area (Å²) in [6.45, 7) is 3.72. The number of halogens is 2. The smallest absolute Gasteiger partial charge is 0.326 e. The molecule has 5 nitrogen and oxygen atoms in total. The molecule has 174 valence electrons. The summed E-state index contributed by atoms with van der Waals surface area (Å²) < 4.78 is 30.1. The van der Waals surface area contributed by atoms with E-state index in [1.165, 1.54) is 25.1 Å². The lowest BCUT2D eigenvalue weighted by atomic mass is 9.89. The largest absolute Gasteiger partial charge is 0.480 e. The van der Waals surface area contributed by atoms with Crippen LogP contribution in [0.2, 0.25) is 0 Å². The number of carboxylic acid groups (broad SMARTS) is 1. The minimum absolute atomic E-state index is 0.0910. The summed E-state index contributed by atoms with van der Waals surface area (Å²) >= 11 is 0. The molecule has 2 aromatic carbocycles. The summed E-state index contributed by atoms with van der Waals surface area (Å²) in [5.74, 6) is -1.67. The fourth-order valence-corrected chi connectivity index (χ4v) is 5.18. The molecule has 33 heavy (non-hydrogen) atoms. The van der Waals surface area contributed by atoms with Crippen LogP contribution in [0.25, 0.3) is 10.9 Å². The van der Waals surface area contributed by atoms with Crippen molar-refractivity contribution in [2.45, 2.75) is 58.0 Å². The molecule has 0 aliphatic heterocycles. The SMILES string of the molecule is CCC(C(=O)O)n1c2c(c3cc(F)ccc31)C[C@@H](N(CCc1ccccc1F)C(C)=O)CC2. The van der Waals surface area contributed by atoms with E-state index in [1.54, 1.807) is 29.2 Å². The first kappa shape index (κ1) is 23.0. The third-order valence-electron chi connectivity index (χ3n) is 6.75. The monoisotopic (exact) mass is 454 g/mol. The molecule has 1 aromatic heterocycles. The van der Waals surface area contributed by atoms with E-state index in [9.17, 15) is 23.5 Å². The average Bonchev–Trinajstić information content (AvgIpc) is 3.08. The molecular formula is C26H28F2N2O3. The summed E-state index contributed by atoms with van der Waals surface area (Å²) in [5, 5.41) is 10.5. The Labute approximate surface area is 191 Å². The second-order valence-corrected chi connectivity index (χ2v) is 8.67. The van der Waals surface area contributed by atoms with E-state index in [-0.39, 0.29) is 23.6 Å². The summed E-state index contributed by atoms with van der Waals surface area (Å²) in [4.78, 5) is 26.2. The van der Waals surface area contributed by atoms with Crippen molar-refractivity contribution >= 4 is 22.8 Å². The third kappa shape index (κ3) is 4.36. The van der Waals surface area contributed by atoms with Crippen molar-refractivity contribution in [3.8, 4) is 0 Å². The van der Waals surface area contributed by atoms with Crippen LogP contribution in [0.5, 0.6) is 0 Å². The number of carbonyl (C=O) groups excluding carboxylic acids is 1. The first-order valence-electron chi connectivity index (χ1n) is 11.4. The molecule has 4 rings (SSSR count). The number of benzene rings is 2. The highest BCUT2D eigenvalue weighted by atomic mass is 19.1. The normalized spacial score (nSPS) is 16.4. The molecule has 0 radical (unpaired) electrons. The van der Waals surface area contributed by atoms with E-state index < -0.39 is 12.0 Å². The molecule has 1 unspecified atom stereocenters. The molecule has 1 amide bonds. The molecule has 0 saturated carbocycles. The molecule has 1 aliphatic rings. The van der Waals surface area contributed by atoms with Crippen molar-refractivity contribution in [1.29, 1.82) is 0 Å². The molecule has 1 heterocycles. The lowest BCUT2D eigenvalue weighted by molar-refractivity contribution is -0.141. The Morgan fingerprint density at radius 1 is 1.21 bits per heavy atom. The highest BCUT2D eigenvalue weighted by molar-refractivity contribution is 5.88. The van der Waals surface area contributed by atoms with Crippen LogP contribution in [0.4, 0.5) is 8.78 Å². The van der Waals surface area contributed by atoms with Gasteiger partial charge in [-0.15, -0.1) is 0 Å². The third-order valence-corrected chi connectivity index (χ3v) is 6.75. The number of fused-ring (bicyclic) bond motifs is 3. The predicted octanol–water partition coefficient (Wildman–Crippen LogP) is 4.90. The highest BCUT2D eigenvalue weighted by Gasteiger charge is 2.33. The first-order valence-corrected chi connectivity index (χ1v) is 11.4. The van der Waals surface area contributed by atoms with Crippen molar-refractivity contribution in [2.75, 3.05) is 6.54 Å². The van der Waals surface area contributed by atoms with E-state index in [4.69, 9.17) is 0 Å². The number of carboxylic acids is 1. The average molecular weight is 455 g/mol. The molecule has 3 aromatic rings. The van der Waals surface area contributed by atoms with Gasteiger partial charge >= 0.3 is 5.97 Å². The van der Waals surface area contributed by atoms with Crippen molar-refractivity contribution in [3.05, 3.63) is 70.9 Å². The molecule has 0 spiro atoms. The summed E-state index contributed by atoms with van der Waals surface area (Å²) in [5.41, 5.74) is 3.07. The first-order chi connectivity index (χ1) is 15.8. The number of amides is 1. The van der Waals surface area contributed by atoms with Crippen LogP contribution in [0.15, 0.2) is 42.5 Å². The summed E-state index contributed by atoms with van der Waals surface area (Å²) in [6.07, 6.45) is 2.58. The highest BCUT2D eigenvalue weighted by Crippen LogP contribution is 2.37. The number of hydrogen-bond acceptors (Lipinski definition) is 2. The van der Waals surface area contributed by atoms with Crippen LogP contribution in [0.1, 0.15) is 49.6 Å². The lowest BCUT2D eigenvalue weighted by Crippen LogP contribution is -2.43. The van der Waals surface area contributed by atoms with Gasteiger partial charge in [0.2, 0.25) is 5.91 Å². The lowest BCUT2D eigenvalue weighted by Gasteiger charge is -2.35. The van der Waals surface area contributed by atoms with E-state index in [0.29, 0.717) is 55.1 Å². The van der Waals surface area contributed by atoms with Gasteiger partial charge in [-0.2, -0.15) is 0 Å². The minimum Gasteiger partial charge on any atom is -0.480 e. The molecule has 7 heteroatoms. The number of aliphatic carboxylic acids is 1. The fraction of sp³-hybridized carbons (Fsp3) is 0.385. The van der Waals surface area contributed by atoms with Gasteiger partial charge in [0, 0.05) is 36.1 Å².